The number of carbonyl (C=O) groups is 1. The summed E-state index contributed by atoms with van der Waals surface area (Å²) < 4.78 is 4.37. The second kappa shape index (κ2) is 4.99. The van der Waals surface area contributed by atoms with Crippen molar-refractivity contribution in [1.82, 2.24) is 0 Å². The Bertz CT molecular complexity index is 138. The van der Waals surface area contributed by atoms with Crippen LogP contribution in [-0.2, 0) is 9.53 Å². The number of hydrogen-bond donors (Lipinski definition) is 1. The molecule has 0 amide bonds. The number of aliphatic hydroxyl groups is 1. The average Bonchev–Trinajstić information content (AvgIpc) is 1.88. The van der Waals surface area contributed by atoms with Gasteiger partial charge in [0.15, 0.2) is 0 Å². The maximum Gasteiger partial charge on any atom is 0.330 e. The summed E-state index contributed by atoms with van der Waals surface area (Å²) in [7, 11) is 1.32. The van der Waals surface area contributed by atoms with Crippen molar-refractivity contribution >= 4 is 5.97 Å². The molecular formula is C7H12O3. The lowest BCUT2D eigenvalue weighted by Gasteiger charge is -1.95. The van der Waals surface area contributed by atoms with Crippen molar-refractivity contribution in [1.29, 1.82) is 0 Å². The molecule has 0 aliphatic heterocycles. The molecule has 3 nitrogen and oxygen atoms in total. The van der Waals surface area contributed by atoms with Crippen LogP contribution in [-0.4, -0.2) is 24.8 Å². The quantitative estimate of drug-likeness (QED) is 0.463. The molecule has 1 N–H and O–H groups in total. The Hall–Kier alpha value is -0.830. The Morgan fingerprint density at radius 2 is 2.30 bits per heavy atom. The average molecular weight is 144 g/mol. The third-order valence-electron chi connectivity index (χ3n) is 1.07. The van der Waals surface area contributed by atoms with Crippen LogP contribution in [0.4, 0.5) is 0 Å². The molecule has 0 heterocycles. The van der Waals surface area contributed by atoms with Gasteiger partial charge >= 0.3 is 5.97 Å². The number of hydrogen-bond acceptors (Lipinski definition) is 3. The van der Waals surface area contributed by atoms with Gasteiger partial charge in [-0.05, 0) is 13.3 Å². The van der Waals surface area contributed by atoms with Crippen molar-refractivity contribution in [2.24, 2.45) is 0 Å². The zero-order chi connectivity index (χ0) is 7.98. The molecule has 0 saturated carbocycles. The van der Waals surface area contributed by atoms with Crippen LogP contribution in [0.25, 0.3) is 0 Å². The number of carbonyl (C=O) groups excluding carboxylic acids is 1. The zero-order valence-electron chi connectivity index (χ0n) is 6.26. The van der Waals surface area contributed by atoms with Crippen LogP contribution < -0.4 is 0 Å². The zero-order valence-corrected chi connectivity index (χ0v) is 6.26. The molecule has 0 unspecified atom stereocenters. The summed E-state index contributed by atoms with van der Waals surface area (Å²) in [6.45, 7) is 1.84. The SMILES string of the molecule is COC(=O)/C=C(/C)CCO. The van der Waals surface area contributed by atoms with E-state index in [4.69, 9.17) is 5.11 Å². The van der Waals surface area contributed by atoms with E-state index in [2.05, 4.69) is 4.74 Å². The minimum absolute atomic E-state index is 0.0688. The first kappa shape index (κ1) is 9.17. The fourth-order valence-corrected chi connectivity index (χ4v) is 0.509. The normalized spacial score (nSPS) is 11.3. The van der Waals surface area contributed by atoms with E-state index in [0.717, 1.165) is 5.57 Å². The summed E-state index contributed by atoms with van der Waals surface area (Å²) in [5.41, 5.74) is 0.828. The number of esters is 1. The van der Waals surface area contributed by atoms with Gasteiger partial charge in [0.2, 0.25) is 0 Å². The highest BCUT2D eigenvalue weighted by Crippen LogP contribution is 1.97. The van der Waals surface area contributed by atoms with Gasteiger partial charge in [0.1, 0.15) is 0 Å². The largest absolute Gasteiger partial charge is 0.466 e. The fourth-order valence-electron chi connectivity index (χ4n) is 0.509. The van der Waals surface area contributed by atoms with E-state index < -0.39 is 0 Å². The molecule has 0 aromatic carbocycles. The molecule has 0 aliphatic rings. The second-order valence-electron chi connectivity index (χ2n) is 1.99. The summed E-state index contributed by atoms with van der Waals surface area (Å²) in [4.78, 5) is 10.5. The van der Waals surface area contributed by atoms with E-state index in [1.165, 1.54) is 13.2 Å². The monoisotopic (exact) mass is 144 g/mol. The van der Waals surface area contributed by atoms with Crippen LogP contribution >= 0.6 is 0 Å². The van der Waals surface area contributed by atoms with Gasteiger partial charge in [-0.3, -0.25) is 0 Å². The van der Waals surface area contributed by atoms with E-state index in [-0.39, 0.29) is 12.6 Å². The Kier molecular flexibility index (Phi) is 4.58. The Morgan fingerprint density at radius 1 is 1.70 bits per heavy atom. The van der Waals surface area contributed by atoms with Crippen molar-refractivity contribution in [3.63, 3.8) is 0 Å². The maximum atomic E-state index is 10.5. The molecule has 0 aliphatic carbocycles. The van der Waals surface area contributed by atoms with Crippen LogP contribution in [0.15, 0.2) is 11.6 Å². The number of methoxy groups -OCH3 is 1. The van der Waals surface area contributed by atoms with Crippen molar-refractivity contribution in [2.45, 2.75) is 13.3 Å². The predicted octanol–water partition coefficient (Wildman–Crippen LogP) is 0.488. The first-order valence-corrected chi connectivity index (χ1v) is 3.06. The molecule has 0 saturated heterocycles. The molecule has 3 heteroatoms. The molecule has 0 atom stereocenters. The van der Waals surface area contributed by atoms with Crippen molar-refractivity contribution in [3.05, 3.63) is 11.6 Å². The number of rotatable bonds is 3. The minimum atomic E-state index is -0.369. The van der Waals surface area contributed by atoms with Gasteiger partial charge in [-0.1, -0.05) is 5.57 Å². The molecule has 0 aromatic rings. The van der Waals surface area contributed by atoms with E-state index in [1.807, 2.05) is 0 Å². The fraction of sp³-hybridized carbons (Fsp3) is 0.571. The first-order valence-electron chi connectivity index (χ1n) is 3.06. The van der Waals surface area contributed by atoms with E-state index in [9.17, 15) is 4.79 Å². The third-order valence-corrected chi connectivity index (χ3v) is 1.07. The van der Waals surface area contributed by atoms with Gasteiger partial charge in [0, 0.05) is 12.7 Å². The Balaban J connectivity index is 3.77. The smallest absolute Gasteiger partial charge is 0.330 e. The van der Waals surface area contributed by atoms with E-state index in [0.29, 0.717) is 6.42 Å². The van der Waals surface area contributed by atoms with Crippen LogP contribution in [0.5, 0.6) is 0 Å². The predicted molar refractivity (Wildman–Crippen MR) is 37.5 cm³/mol. The molecule has 0 bridgehead atoms. The summed E-state index contributed by atoms with van der Waals surface area (Å²) in [5.74, 6) is -0.369. The summed E-state index contributed by atoms with van der Waals surface area (Å²) in [6, 6.07) is 0. The lowest BCUT2D eigenvalue weighted by atomic mass is 10.2. The highest BCUT2D eigenvalue weighted by atomic mass is 16.5. The van der Waals surface area contributed by atoms with Gasteiger partial charge in [-0.15, -0.1) is 0 Å². The van der Waals surface area contributed by atoms with Crippen LogP contribution in [0.3, 0.4) is 0 Å². The van der Waals surface area contributed by atoms with Crippen LogP contribution in [0.2, 0.25) is 0 Å². The standard InChI is InChI=1S/C7H12O3/c1-6(3-4-8)5-7(9)10-2/h5,8H,3-4H2,1-2H3/b6-5-. The highest BCUT2D eigenvalue weighted by molar-refractivity contribution is 5.82. The summed E-state index contributed by atoms with van der Waals surface area (Å²) >= 11 is 0. The van der Waals surface area contributed by atoms with Gasteiger partial charge in [0.25, 0.3) is 0 Å². The molecule has 58 valence electrons. The molecule has 0 fully saturated rings. The maximum absolute atomic E-state index is 10.5. The van der Waals surface area contributed by atoms with Crippen molar-refractivity contribution in [3.8, 4) is 0 Å². The Labute approximate surface area is 60.3 Å². The van der Waals surface area contributed by atoms with Crippen molar-refractivity contribution in [2.75, 3.05) is 13.7 Å². The van der Waals surface area contributed by atoms with Gasteiger partial charge in [-0.2, -0.15) is 0 Å². The van der Waals surface area contributed by atoms with Crippen LogP contribution in [0.1, 0.15) is 13.3 Å². The van der Waals surface area contributed by atoms with Gasteiger partial charge < -0.3 is 9.84 Å². The lowest BCUT2D eigenvalue weighted by molar-refractivity contribution is -0.134. The number of aliphatic hydroxyl groups excluding tert-OH is 1. The number of ether oxygens (including phenoxy) is 1. The lowest BCUT2D eigenvalue weighted by Crippen LogP contribution is -1.96. The second-order valence-corrected chi connectivity index (χ2v) is 1.99. The summed E-state index contributed by atoms with van der Waals surface area (Å²) in [5, 5.41) is 8.43. The van der Waals surface area contributed by atoms with Gasteiger partial charge in [-0.25, -0.2) is 4.79 Å². The molecule has 0 spiro atoms. The first-order chi connectivity index (χ1) is 4.70. The third kappa shape index (κ3) is 4.09. The van der Waals surface area contributed by atoms with Gasteiger partial charge in [0.05, 0.1) is 7.11 Å². The molecule has 0 aromatic heterocycles. The van der Waals surface area contributed by atoms with Crippen LogP contribution in [0, 0.1) is 0 Å². The topological polar surface area (TPSA) is 46.5 Å². The van der Waals surface area contributed by atoms with Crippen molar-refractivity contribution < 1.29 is 14.6 Å². The Morgan fingerprint density at radius 3 is 2.70 bits per heavy atom. The van der Waals surface area contributed by atoms with E-state index in [1.54, 1.807) is 6.92 Å². The molecular weight excluding hydrogens is 132 g/mol. The highest BCUT2D eigenvalue weighted by Gasteiger charge is 1.94. The molecule has 0 rings (SSSR count). The molecule has 10 heavy (non-hydrogen) atoms. The van der Waals surface area contributed by atoms with E-state index >= 15 is 0 Å². The summed E-state index contributed by atoms with van der Waals surface area (Å²) in [6.07, 6.45) is 1.89. The molecule has 0 radical (unpaired) electrons. The minimum Gasteiger partial charge on any atom is -0.466 e.